The fraction of sp³-hybridized carbons (Fsp3) is 0.276. The molecule has 0 atom stereocenters. The maximum absolute atomic E-state index is 12.4. The Kier molecular flexibility index (Phi) is 6.80. The molecule has 1 fully saturated rings. The summed E-state index contributed by atoms with van der Waals surface area (Å²) in [6, 6.07) is 16.8. The van der Waals surface area contributed by atoms with Crippen LogP contribution in [0.1, 0.15) is 28.8 Å². The molecule has 0 bridgehead atoms. The van der Waals surface area contributed by atoms with Gasteiger partial charge in [-0.05, 0) is 42.0 Å². The van der Waals surface area contributed by atoms with E-state index in [4.69, 9.17) is 18.6 Å². The van der Waals surface area contributed by atoms with Gasteiger partial charge in [0.05, 0.1) is 31.5 Å². The summed E-state index contributed by atoms with van der Waals surface area (Å²) in [7, 11) is 4.97. The number of ether oxygens (including phenoxy) is 3. The maximum Gasteiger partial charge on any atom is 0.253 e. The molecule has 188 valence electrons. The van der Waals surface area contributed by atoms with Crippen LogP contribution in [0.15, 0.2) is 59.1 Å². The first-order chi connectivity index (χ1) is 18.0. The van der Waals surface area contributed by atoms with Gasteiger partial charge in [0.25, 0.3) is 5.91 Å². The average Bonchev–Trinajstić information content (AvgIpc) is 3.37. The van der Waals surface area contributed by atoms with E-state index in [0.717, 1.165) is 24.0 Å². The summed E-state index contributed by atoms with van der Waals surface area (Å²) >= 11 is 0. The van der Waals surface area contributed by atoms with Crippen molar-refractivity contribution in [1.29, 1.82) is 5.26 Å². The molecule has 2 aromatic carbocycles. The molecule has 37 heavy (non-hydrogen) atoms. The number of benzene rings is 2. The molecular weight excluding hydrogens is 470 g/mol. The lowest BCUT2D eigenvalue weighted by Crippen LogP contribution is -2.26. The second kappa shape index (κ2) is 10.3. The van der Waals surface area contributed by atoms with Crippen LogP contribution in [0.3, 0.4) is 0 Å². The maximum atomic E-state index is 12.4. The van der Waals surface area contributed by atoms with Crippen LogP contribution in [-0.4, -0.2) is 56.3 Å². The fourth-order valence-corrected chi connectivity index (χ4v) is 4.45. The number of rotatable bonds is 6. The number of carbonyl (C=O) groups excluding carboxylic acids is 1. The summed E-state index contributed by atoms with van der Waals surface area (Å²) in [5.74, 6) is 1.54. The summed E-state index contributed by atoms with van der Waals surface area (Å²) in [4.78, 5) is 18.4. The van der Waals surface area contributed by atoms with Crippen LogP contribution in [0.2, 0.25) is 0 Å². The van der Waals surface area contributed by atoms with Gasteiger partial charge in [0.2, 0.25) is 0 Å². The van der Waals surface area contributed by atoms with Crippen LogP contribution in [0, 0.1) is 11.3 Å². The van der Waals surface area contributed by atoms with Crippen LogP contribution < -0.4 is 9.47 Å². The second-order valence-corrected chi connectivity index (χ2v) is 9.05. The Morgan fingerprint density at radius 1 is 1.05 bits per heavy atom. The highest BCUT2D eigenvalue weighted by Gasteiger charge is 2.20. The number of aromatic nitrogens is 1. The van der Waals surface area contributed by atoms with Crippen molar-refractivity contribution >= 4 is 17.0 Å². The van der Waals surface area contributed by atoms with Crippen molar-refractivity contribution in [3.8, 4) is 40.0 Å². The molecule has 0 unspecified atom stereocenters. The van der Waals surface area contributed by atoms with E-state index in [2.05, 4.69) is 11.1 Å². The van der Waals surface area contributed by atoms with Gasteiger partial charge in [0.15, 0.2) is 5.58 Å². The average molecular weight is 498 g/mol. The van der Waals surface area contributed by atoms with Gasteiger partial charge >= 0.3 is 0 Å². The molecule has 1 aliphatic rings. The molecule has 8 nitrogen and oxygen atoms in total. The van der Waals surface area contributed by atoms with E-state index in [1.807, 2.05) is 36.4 Å². The minimum atomic E-state index is -0.115. The molecule has 0 aliphatic carbocycles. The lowest BCUT2D eigenvalue weighted by Gasteiger charge is -2.23. The number of nitriles is 1. The Bertz CT molecular complexity index is 1500. The van der Waals surface area contributed by atoms with E-state index in [9.17, 15) is 10.1 Å². The topological polar surface area (TPSA) is 97.8 Å². The van der Waals surface area contributed by atoms with E-state index in [-0.39, 0.29) is 12.0 Å². The number of pyridine rings is 1. The van der Waals surface area contributed by atoms with E-state index in [1.165, 1.54) is 4.90 Å². The smallest absolute Gasteiger partial charge is 0.253 e. The lowest BCUT2D eigenvalue weighted by molar-refractivity contribution is 0.0254. The van der Waals surface area contributed by atoms with Gasteiger partial charge in [0, 0.05) is 50.3 Å². The first-order valence-electron chi connectivity index (χ1n) is 12.1. The molecule has 4 aromatic rings. The van der Waals surface area contributed by atoms with E-state index >= 15 is 0 Å². The Balaban J connectivity index is 1.51. The molecule has 1 aliphatic heterocycles. The fourth-order valence-electron chi connectivity index (χ4n) is 4.45. The largest absolute Gasteiger partial charge is 0.496 e. The van der Waals surface area contributed by atoms with Gasteiger partial charge in [-0.1, -0.05) is 6.07 Å². The van der Waals surface area contributed by atoms with Crippen molar-refractivity contribution in [2.45, 2.75) is 18.9 Å². The first-order valence-corrected chi connectivity index (χ1v) is 12.1. The normalized spacial score (nSPS) is 13.8. The molecule has 1 saturated heterocycles. The van der Waals surface area contributed by atoms with Crippen LogP contribution in [-0.2, 0) is 4.74 Å². The summed E-state index contributed by atoms with van der Waals surface area (Å²) < 4.78 is 23.4. The summed E-state index contributed by atoms with van der Waals surface area (Å²) in [6.07, 6.45) is 3.37. The molecular formula is C29H27N3O5. The van der Waals surface area contributed by atoms with Crippen molar-refractivity contribution in [1.82, 2.24) is 9.88 Å². The standard InChI is InChI=1S/C29H27N3O5/c1-32(2)29(33)19-4-6-23(26(15-19)34-3)27-16-24-28(37-27)22(8-11-31-24)18-5-7-25(20(14-18)17-30)36-21-9-12-35-13-10-21/h4-8,11,14-16,21H,9-10,12-13H2,1-3H3. The highest BCUT2D eigenvalue weighted by Crippen LogP contribution is 2.38. The van der Waals surface area contributed by atoms with Crippen molar-refractivity contribution in [2.24, 2.45) is 0 Å². The molecule has 5 rings (SSSR count). The summed E-state index contributed by atoms with van der Waals surface area (Å²) in [6.45, 7) is 1.33. The lowest BCUT2D eigenvalue weighted by atomic mass is 10.0. The van der Waals surface area contributed by atoms with E-state index in [0.29, 0.717) is 58.3 Å². The molecule has 0 spiro atoms. The first kappa shape index (κ1) is 24.3. The van der Waals surface area contributed by atoms with Crippen LogP contribution in [0.5, 0.6) is 11.5 Å². The third-order valence-corrected chi connectivity index (χ3v) is 6.41. The number of furan rings is 1. The predicted octanol–water partition coefficient (Wildman–Crippen LogP) is 5.30. The number of fused-ring (bicyclic) bond motifs is 1. The number of hydrogen-bond acceptors (Lipinski definition) is 7. The second-order valence-electron chi connectivity index (χ2n) is 9.05. The quantitative estimate of drug-likeness (QED) is 0.356. The summed E-state index contributed by atoms with van der Waals surface area (Å²) in [5, 5.41) is 9.81. The highest BCUT2D eigenvalue weighted by atomic mass is 16.5. The highest BCUT2D eigenvalue weighted by molar-refractivity contribution is 5.96. The minimum absolute atomic E-state index is 0.0429. The van der Waals surface area contributed by atoms with Gasteiger partial charge in [-0.25, -0.2) is 0 Å². The van der Waals surface area contributed by atoms with Crippen molar-refractivity contribution in [2.75, 3.05) is 34.4 Å². The van der Waals surface area contributed by atoms with E-state index in [1.54, 1.807) is 39.5 Å². The molecule has 0 N–H and O–H groups in total. The number of nitrogens with zero attached hydrogens (tertiary/aromatic N) is 3. The third-order valence-electron chi connectivity index (χ3n) is 6.41. The number of carbonyl (C=O) groups is 1. The monoisotopic (exact) mass is 497 g/mol. The number of hydrogen-bond donors (Lipinski definition) is 0. The van der Waals surface area contributed by atoms with Gasteiger partial charge in [-0.3, -0.25) is 9.78 Å². The Labute approximate surface area is 215 Å². The van der Waals surface area contributed by atoms with Crippen molar-refractivity contribution in [3.63, 3.8) is 0 Å². The molecule has 0 radical (unpaired) electrons. The zero-order valence-electron chi connectivity index (χ0n) is 21.0. The Hall–Kier alpha value is -4.35. The molecule has 0 saturated carbocycles. The SMILES string of the molecule is COc1cc(C(=O)N(C)C)ccc1-c1cc2nccc(-c3ccc(OC4CCOCC4)c(C#N)c3)c2o1. The van der Waals surface area contributed by atoms with Gasteiger partial charge in [-0.2, -0.15) is 5.26 Å². The minimum Gasteiger partial charge on any atom is -0.496 e. The zero-order valence-corrected chi connectivity index (χ0v) is 21.0. The van der Waals surface area contributed by atoms with E-state index < -0.39 is 0 Å². The number of amides is 1. The molecule has 8 heteroatoms. The van der Waals surface area contributed by atoms with Gasteiger partial charge in [-0.15, -0.1) is 0 Å². The third kappa shape index (κ3) is 4.86. The predicted molar refractivity (Wildman–Crippen MR) is 139 cm³/mol. The van der Waals surface area contributed by atoms with Gasteiger partial charge in [0.1, 0.15) is 34.9 Å². The van der Waals surface area contributed by atoms with Crippen LogP contribution in [0.4, 0.5) is 0 Å². The molecule has 1 amide bonds. The molecule has 2 aromatic heterocycles. The van der Waals surface area contributed by atoms with Gasteiger partial charge < -0.3 is 23.5 Å². The Morgan fingerprint density at radius 2 is 1.86 bits per heavy atom. The van der Waals surface area contributed by atoms with Crippen molar-refractivity contribution < 1.29 is 23.4 Å². The Morgan fingerprint density at radius 3 is 2.59 bits per heavy atom. The zero-order chi connectivity index (χ0) is 25.9. The summed E-state index contributed by atoms with van der Waals surface area (Å²) in [5.41, 5.74) is 4.58. The van der Waals surface area contributed by atoms with Crippen molar-refractivity contribution in [3.05, 3.63) is 65.9 Å². The molecule has 3 heterocycles. The number of methoxy groups -OCH3 is 1. The van der Waals surface area contributed by atoms with Crippen LogP contribution in [0.25, 0.3) is 33.6 Å². The van der Waals surface area contributed by atoms with Crippen LogP contribution >= 0.6 is 0 Å².